The summed E-state index contributed by atoms with van der Waals surface area (Å²) >= 11 is 0. The number of nitriles is 1. The SMILES string of the molecule is CNC(=O)c1ccc(-c2ccccc2CN2CCCc3cc(C(=O)NCc4ccc(C#N)cc4)ccc32)cc1. The maximum atomic E-state index is 12.9. The topological polar surface area (TPSA) is 85.2 Å². The summed E-state index contributed by atoms with van der Waals surface area (Å²) in [5, 5.41) is 14.6. The van der Waals surface area contributed by atoms with Crippen LogP contribution in [-0.2, 0) is 19.5 Å². The van der Waals surface area contributed by atoms with Crippen molar-refractivity contribution >= 4 is 17.5 Å². The van der Waals surface area contributed by atoms with Gasteiger partial charge in [0.1, 0.15) is 0 Å². The molecular weight excluding hydrogens is 484 g/mol. The van der Waals surface area contributed by atoms with Gasteiger partial charge >= 0.3 is 0 Å². The molecule has 6 nitrogen and oxygen atoms in total. The van der Waals surface area contributed by atoms with Gasteiger partial charge in [-0.1, -0.05) is 48.5 Å². The smallest absolute Gasteiger partial charge is 0.251 e. The molecule has 0 bridgehead atoms. The molecule has 39 heavy (non-hydrogen) atoms. The summed E-state index contributed by atoms with van der Waals surface area (Å²) in [5.41, 5.74) is 8.62. The van der Waals surface area contributed by atoms with E-state index in [9.17, 15) is 9.59 Å². The molecule has 194 valence electrons. The van der Waals surface area contributed by atoms with Gasteiger partial charge in [0.05, 0.1) is 11.6 Å². The monoisotopic (exact) mass is 514 g/mol. The summed E-state index contributed by atoms with van der Waals surface area (Å²) in [6.07, 6.45) is 1.96. The van der Waals surface area contributed by atoms with Crippen molar-refractivity contribution in [2.24, 2.45) is 0 Å². The molecule has 0 saturated heterocycles. The second-order valence-electron chi connectivity index (χ2n) is 9.67. The lowest BCUT2D eigenvalue weighted by atomic mass is 9.95. The van der Waals surface area contributed by atoms with Crippen molar-refractivity contribution in [3.8, 4) is 17.2 Å². The van der Waals surface area contributed by atoms with Crippen LogP contribution < -0.4 is 15.5 Å². The highest BCUT2D eigenvalue weighted by Crippen LogP contribution is 2.32. The van der Waals surface area contributed by atoms with Crippen LogP contribution in [0.2, 0.25) is 0 Å². The molecule has 1 aliphatic heterocycles. The Morgan fingerprint density at radius 3 is 2.38 bits per heavy atom. The van der Waals surface area contributed by atoms with Crippen molar-refractivity contribution in [2.45, 2.75) is 25.9 Å². The molecule has 2 amide bonds. The van der Waals surface area contributed by atoms with E-state index in [1.807, 2.05) is 54.6 Å². The Morgan fingerprint density at radius 1 is 0.897 bits per heavy atom. The molecule has 0 fully saturated rings. The van der Waals surface area contributed by atoms with Crippen molar-refractivity contribution in [2.75, 3.05) is 18.5 Å². The average Bonchev–Trinajstić information content (AvgIpc) is 3.00. The van der Waals surface area contributed by atoms with Crippen LogP contribution in [0, 0.1) is 11.3 Å². The number of rotatable bonds is 7. The molecule has 0 aromatic heterocycles. The van der Waals surface area contributed by atoms with Gasteiger partial charge in [-0.3, -0.25) is 9.59 Å². The number of nitrogens with zero attached hydrogens (tertiary/aromatic N) is 2. The lowest BCUT2D eigenvalue weighted by Gasteiger charge is -2.32. The number of hydrogen-bond donors (Lipinski definition) is 2. The Morgan fingerprint density at radius 2 is 1.64 bits per heavy atom. The molecule has 5 rings (SSSR count). The number of carbonyl (C=O) groups is 2. The van der Waals surface area contributed by atoms with Crippen LogP contribution in [0.4, 0.5) is 5.69 Å². The first-order valence-corrected chi connectivity index (χ1v) is 13.1. The summed E-state index contributed by atoms with van der Waals surface area (Å²) in [4.78, 5) is 27.2. The number of aryl methyl sites for hydroxylation is 1. The number of nitrogens with one attached hydrogen (secondary N) is 2. The number of fused-ring (bicyclic) bond motifs is 1. The zero-order valence-electron chi connectivity index (χ0n) is 21.9. The van der Waals surface area contributed by atoms with Gasteiger partial charge in [0.15, 0.2) is 0 Å². The molecule has 0 unspecified atom stereocenters. The summed E-state index contributed by atoms with van der Waals surface area (Å²) in [5.74, 6) is -0.202. The average molecular weight is 515 g/mol. The molecule has 0 saturated carbocycles. The van der Waals surface area contributed by atoms with Crippen LogP contribution in [0.25, 0.3) is 11.1 Å². The maximum absolute atomic E-state index is 12.9. The van der Waals surface area contributed by atoms with Gasteiger partial charge in [0.25, 0.3) is 11.8 Å². The van der Waals surface area contributed by atoms with Crippen LogP contribution in [0.15, 0.2) is 91.0 Å². The summed E-state index contributed by atoms with van der Waals surface area (Å²) in [6, 6.07) is 31.4. The first kappa shape index (κ1) is 25.7. The minimum absolute atomic E-state index is 0.0953. The van der Waals surface area contributed by atoms with E-state index < -0.39 is 0 Å². The lowest BCUT2D eigenvalue weighted by Crippen LogP contribution is -2.30. The second-order valence-corrected chi connectivity index (χ2v) is 9.67. The molecule has 1 heterocycles. The molecule has 4 aromatic rings. The molecule has 2 N–H and O–H groups in total. The van der Waals surface area contributed by atoms with E-state index in [0.29, 0.717) is 23.2 Å². The van der Waals surface area contributed by atoms with Gasteiger partial charge in [0.2, 0.25) is 0 Å². The van der Waals surface area contributed by atoms with E-state index >= 15 is 0 Å². The summed E-state index contributed by atoms with van der Waals surface area (Å²) < 4.78 is 0. The molecule has 1 aliphatic rings. The Bertz CT molecular complexity index is 1540. The molecule has 0 aliphatic carbocycles. The number of carbonyl (C=O) groups excluding carboxylic acids is 2. The zero-order valence-corrected chi connectivity index (χ0v) is 21.9. The normalized spacial score (nSPS) is 12.3. The summed E-state index contributed by atoms with van der Waals surface area (Å²) in [6.45, 7) is 2.11. The first-order valence-electron chi connectivity index (χ1n) is 13.1. The van der Waals surface area contributed by atoms with Gasteiger partial charge in [-0.2, -0.15) is 5.26 Å². The predicted molar refractivity (Wildman–Crippen MR) is 153 cm³/mol. The second kappa shape index (κ2) is 11.7. The van der Waals surface area contributed by atoms with Crippen molar-refractivity contribution in [3.05, 3.63) is 124 Å². The lowest BCUT2D eigenvalue weighted by molar-refractivity contribution is 0.0947. The number of benzene rings is 4. The molecule has 4 aromatic carbocycles. The highest BCUT2D eigenvalue weighted by atomic mass is 16.2. The van der Waals surface area contributed by atoms with Crippen molar-refractivity contribution in [3.63, 3.8) is 0 Å². The van der Waals surface area contributed by atoms with Crippen LogP contribution in [-0.4, -0.2) is 25.4 Å². The van der Waals surface area contributed by atoms with Crippen LogP contribution in [0.3, 0.4) is 0 Å². The molecule has 0 radical (unpaired) electrons. The highest BCUT2D eigenvalue weighted by Gasteiger charge is 2.20. The Hall–Kier alpha value is -4.89. The van der Waals surface area contributed by atoms with E-state index in [2.05, 4.69) is 45.9 Å². The molecular formula is C33H30N4O2. The third kappa shape index (κ3) is 5.83. The minimum Gasteiger partial charge on any atom is -0.367 e. The van der Waals surface area contributed by atoms with Gasteiger partial charge in [-0.25, -0.2) is 0 Å². The van der Waals surface area contributed by atoms with Gasteiger partial charge in [-0.15, -0.1) is 0 Å². The van der Waals surface area contributed by atoms with E-state index in [4.69, 9.17) is 5.26 Å². The maximum Gasteiger partial charge on any atom is 0.251 e. The van der Waals surface area contributed by atoms with E-state index in [1.54, 1.807) is 19.2 Å². The summed E-state index contributed by atoms with van der Waals surface area (Å²) in [7, 11) is 1.63. The Balaban J connectivity index is 1.31. The number of hydrogen-bond acceptors (Lipinski definition) is 4. The quantitative estimate of drug-likeness (QED) is 0.343. The van der Waals surface area contributed by atoms with Gasteiger partial charge in [-0.05, 0) is 83.1 Å². The Labute approximate surface area is 228 Å². The van der Waals surface area contributed by atoms with Crippen LogP contribution >= 0.6 is 0 Å². The largest absolute Gasteiger partial charge is 0.367 e. The van der Waals surface area contributed by atoms with Gasteiger partial charge in [0, 0.05) is 43.5 Å². The highest BCUT2D eigenvalue weighted by molar-refractivity contribution is 5.95. The predicted octanol–water partition coefficient (Wildman–Crippen LogP) is 5.47. The van der Waals surface area contributed by atoms with E-state index in [1.165, 1.54) is 11.1 Å². The number of anilines is 1. The van der Waals surface area contributed by atoms with Crippen molar-refractivity contribution in [1.29, 1.82) is 5.26 Å². The first-order chi connectivity index (χ1) is 19.1. The standard InChI is InChI=1S/C33H30N4O2/c1-35-32(38)26-14-12-25(13-15-26)30-7-3-2-5-29(30)22-37-18-4-6-27-19-28(16-17-31(27)37)33(39)36-21-24-10-8-23(20-34)9-11-24/h2-3,5,7-17,19H,4,6,18,21-22H2,1H3,(H,35,38)(H,36,39). The van der Waals surface area contributed by atoms with Crippen molar-refractivity contribution < 1.29 is 9.59 Å². The van der Waals surface area contributed by atoms with Gasteiger partial charge < -0.3 is 15.5 Å². The van der Waals surface area contributed by atoms with Crippen molar-refractivity contribution in [1.82, 2.24) is 10.6 Å². The fourth-order valence-electron chi connectivity index (χ4n) is 5.05. The third-order valence-electron chi connectivity index (χ3n) is 7.16. The fraction of sp³-hybridized carbons (Fsp3) is 0.182. The third-order valence-corrected chi connectivity index (χ3v) is 7.16. The molecule has 0 spiro atoms. The van der Waals surface area contributed by atoms with Crippen LogP contribution in [0.1, 0.15) is 49.4 Å². The molecule has 0 atom stereocenters. The fourth-order valence-corrected chi connectivity index (χ4v) is 5.05. The molecule has 6 heteroatoms. The zero-order chi connectivity index (χ0) is 27.2. The Kier molecular flexibility index (Phi) is 7.70. The number of amides is 2. The minimum atomic E-state index is -0.107. The van der Waals surface area contributed by atoms with E-state index in [0.717, 1.165) is 48.3 Å². The van der Waals surface area contributed by atoms with E-state index in [-0.39, 0.29) is 11.8 Å². The van der Waals surface area contributed by atoms with Crippen LogP contribution in [0.5, 0.6) is 0 Å².